The van der Waals surface area contributed by atoms with Gasteiger partial charge in [0.25, 0.3) is 5.91 Å². The van der Waals surface area contributed by atoms with E-state index in [-0.39, 0.29) is 29.8 Å². The maximum atomic E-state index is 12.1. The van der Waals surface area contributed by atoms with Crippen LogP contribution in [0.2, 0.25) is 0 Å². The Labute approximate surface area is 118 Å². The third kappa shape index (κ3) is 3.09. The van der Waals surface area contributed by atoms with Crippen molar-refractivity contribution in [2.75, 3.05) is 19.8 Å². The molecule has 7 nitrogen and oxygen atoms in total. The zero-order valence-corrected chi connectivity index (χ0v) is 11.8. The molecule has 4 amide bonds. The highest BCUT2D eigenvalue weighted by Crippen LogP contribution is 2.18. The first kappa shape index (κ1) is 14.8. The lowest BCUT2D eigenvalue weighted by Gasteiger charge is -2.32. The highest BCUT2D eigenvalue weighted by atomic mass is 16.2. The summed E-state index contributed by atoms with van der Waals surface area (Å²) < 4.78 is 0. The molecule has 0 aliphatic carbocycles. The van der Waals surface area contributed by atoms with Gasteiger partial charge in [0.15, 0.2) is 0 Å². The summed E-state index contributed by atoms with van der Waals surface area (Å²) in [5, 5.41) is 2.71. The van der Waals surface area contributed by atoms with Crippen LogP contribution in [0, 0.1) is 5.92 Å². The van der Waals surface area contributed by atoms with Gasteiger partial charge >= 0.3 is 6.03 Å². The highest BCUT2D eigenvalue weighted by Gasteiger charge is 2.38. The lowest BCUT2D eigenvalue weighted by molar-refractivity contribution is -0.130. The summed E-state index contributed by atoms with van der Waals surface area (Å²) in [4.78, 5) is 38.3. The van der Waals surface area contributed by atoms with Crippen molar-refractivity contribution in [2.45, 2.75) is 38.6 Å². The Hall–Kier alpha value is -1.63. The number of carbonyl (C=O) groups is 3. The van der Waals surface area contributed by atoms with E-state index in [4.69, 9.17) is 5.73 Å². The van der Waals surface area contributed by atoms with Crippen molar-refractivity contribution in [3.8, 4) is 0 Å². The molecule has 2 aliphatic heterocycles. The van der Waals surface area contributed by atoms with Crippen molar-refractivity contribution in [1.82, 2.24) is 15.1 Å². The summed E-state index contributed by atoms with van der Waals surface area (Å²) in [6, 6.07) is -0.693. The van der Waals surface area contributed by atoms with Gasteiger partial charge in [-0.1, -0.05) is 13.3 Å². The third-order valence-electron chi connectivity index (χ3n) is 4.02. The number of carbonyl (C=O) groups excluding carboxylic acids is 3. The SMILES string of the molecule is CCCC1NC(=O)N(CN2CCC(C(N)=O)CC2)C1=O. The van der Waals surface area contributed by atoms with E-state index >= 15 is 0 Å². The Bertz CT molecular complexity index is 404. The molecule has 0 aromatic carbocycles. The van der Waals surface area contributed by atoms with E-state index in [1.54, 1.807) is 0 Å². The first-order valence-electron chi connectivity index (χ1n) is 7.16. The monoisotopic (exact) mass is 282 g/mol. The van der Waals surface area contributed by atoms with E-state index in [9.17, 15) is 14.4 Å². The van der Waals surface area contributed by atoms with E-state index < -0.39 is 0 Å². The number of likely N-dealkylation sites (tertiary alicyclic amines) is 1. The Kier molecular flexibility index (Phi) is 4.59. The number of nitrogens with one attached hydrogen (secondary N) is 1. The van der Waals surface area contributed by atoms with E-state index in [1.165, 1.54) is 4.90 Å². The number of piperidine rings is 1. The fourth-order valence-corrected chi connectivity index (χ4v) is 2.75. The molecular weight excluding hydrogens is 260 g/mol. The van der Waals surface area contributed by atoms with Crippen LogP contribution in [-0.2, 0) is 9.59 Å². The normalized spacial score (nSPS) is 25.1. The van der Waals surface area contributed by atoms with Gasteiger partial charge in [-0.25, -0.2) is 9.69 Å². The number of hydrogen-bond acceptors (Lipinski definition) is 4. The Morgan fingerprint density at radius 2 is 2.00 bits per heavy atom. The number of nitrogens with zero attached hydrogens (tertiary/aromatic N) is 2. The van der Waals surface area contributed by atoms with Crippen LogP contribution in [0.25, 0.3) is 0 Å². The van der Waals surface area contributed by atoms with Crippen LogP contribution < -0.4 is 11.1 Å². The Balaban J connectivity index is 1.86. The molecule has 1 atom stereocenters. The second-order valence-corrected chi connectivity index (χ2v) is 5.49. The number of urea groups is 1. The second kappa shape index (κ2) is 6.21. The number of rotatable bonds is 5. The van der Waals surface area contributed by atoms with Gasteiger partial charge in [-0.05, 0) is 19.3 Å². The molecule has 3 N–H and O–H groups in total. The van der Waals surface area contributed by atoms with Crippen LogP contribution in [0.5, 0.6) is 0 Å². The van der Waals surface area contributed by atoms with Crippen molar-refractivity contribution in [3.05, 3.63) is 0 Å². The smallest absolute Gasteiger partial charge is 0.325 e. The summed E-state index contributed by atoms with van der Waals surface area (Å²) in [6.45, 7) is 3.65. The minimum absolute atomic E-state index is 0.0813. The Morgan fingerprint density at radius 3 is 2.55 bits per heavy atom. The number of primary amides is 1. The predicted octanol–water partition coefficient (Wildman–Crippen LogP) is -0.138. The largest absolute Gasteiger partial charge is 0.369 e. The molecule has 2 fully saturated rings. The van der Waals surface area contributed by atoms with Gasteiger partial charge in [-0.3, -0.25) is 14.5 Å². The molecule has 112 valence electrons. The minimum Gasteiger partial charge on any atom is -0.369 e. The number of imide groups is 1. The van der Waals surface area contributed by atoms with E-state index in [2.05, 4.69) is 5.32 Å². The topological polar surface area (TPSA) is 95.7 Å². The number of hydrogen-bond donors (Lipinski definition) is 2. The van der Waals surface area contributed by atoms with E-state index in [0.29, 0.717) is 39.0 Å². The first-order valence-corrected chi connectivity index (χ1v) is 7.16. The molecule has 2 aliphatic rings. The van der Waals surface area contributed by atoms with Gasteiger partial charge in [0.1, 0.15) is 6.04 Å². The molecule has 2 rings (SSSR count). The molecule has 0 radical (unpaired) electrons. The summed E-state index contributed by atoms with van der Waals surface area (Å²) in [5.74, 6) is -0.487. The second-order valence-electron chi connectivity index (χ2n) is 5.49. The molecule has 0 bridgehead atoms. The van der Waals surface area contributed by atoms with Crippen molar-refractivity contribution < 1.29 is 14.4 Å². The lowest BCUT2D eigenvalue weighted by Crippen LogP contribution is -2.46. The third-order valence-corrected chi connectivity index (χ3v) is 4.02. The van der Waals surface area contributed by atoms with Gasteiger partial charge in [0.2, 0.25) is 5.91 Å². The van der Waals surface area contributed by atoms with Crippen molar-refractivity contribution in [1.29, 1.82) is 0 Å². The van der Waals surface area contributed by atoms with Crippen LogP contribution in [0.1, 0.15) is 32.6 Å². The van der Waals surface area contributed by atoms with Crippen LogP contribution in [0.15, 0.2) is 0 Å². The van der Waals surface area contributed by atoms with E-state index in [1.807, 2.05) is 11.8 Å². The van der Waals surface area contributed by atoms with Crippen molar-refractivity contribution in [2.24, 2.45) is 11.7 Å². The number of amides is 4. The highest BCUT2D eigenvalue weighted by molar-refractivity contribution is 6.04. The predicted molar refractivity (Wildman–Crippen MR) is 72.4 cm³/mol. The average Bonchev–Trinajstić information content (AvgIpc) is 2.68. The molecule has 1 unspecified atom stereocenters. The summed E-state index contributed by atoms with van der Waals surface area (Å²) in [7, 11) is 0. The zero-order valence-electron chi connectivity index (χ0n) is 11.8. The molecule has 20 heavy (non-hydrogen) atoms. The average molecular weight is 282 g/mol. The summed E-state index contributed by atoms with van der Waals surface area (Å²) >= 11 is 0. The molecule has 2 heterocycles. The van der Waals surface area contributed by atoms with Crippen LogP contribution in [0.4, 0.5) is 4.79 Å². The molecule has 2 saturated heterocycles. The first-order chi connectivity index (χ1) is 9.52. The maximum absolute atomic E-state index is 12.1. The molecule has 0 aromatic rings. The van der Waals surface area contributed by atoms with Crippen molar-refractivity contribution in [3.63, 3.8) is 0 Å². The fraction of sp³-hybridized carbons (Fsp3) is 0.769. The zero-order chi connectivity index (χ0) is 14.7. The van der Waals surface area contributed by atoms with Gasteiger partial charge < -0.3 is 11.1 Å². The standard InChI is InChI=1S/C13H22N4O3/c1-2-3-10-12(19)17(13(20)15-10)8-16-6-4-9(5-7-16)11(14)18/h9-10H,2-8H2,1H3,(H2,14,18)(H,15,20). The summed E-state index contributed by atoms with van der Waals surface area (Å²) in [6.07, 6.45) is 2.91. The molecule has 0 saturated carbocycles. The van der Waals surface area contributed by atoms with Crippen molar-refractivity contribution >= 4 is 17.8 Å². The molecule has 0 spiro atoms. The van der Waals surface area contributed by atoms with Crippen LogP contribution in [0.3, 0.4) is 0 Å². The molecule has 0 aromatic heterocycles. The van der Waals surface area contributed by atoms with Gasteiger partial charge in [-0.2, -0.15) is 0 Å². The van der Waals surface area contributed by atoms with E-state index in [0.717, 1.165) is 6.42 Å². The van der Waals surface area contributed by atoms with Gasteiger partial charge in [0.05, 0.1) is 6.67 Å². The minimum atomic E-state index is -0.379. The molecule has 7 heteroatoms. The Morgan fingerprint density at radius 1 is 1.35 bits per heavy atom. The van der Waals surface area contributed by atoms with Crippen LogP contribution >= 0.6 is 0 Å². The fourth-order valence-electron chi connectivity index (χ4n) is 2.75. The van der Waals surface area contributed by atoms with Crippen LogP contribution in [-0.4, -0.2) is 53.4 Å². The maximum Gasteiger partial charge on any atom is 0.325 e. The summed E-state index contributed by atoms with van der Waals surface area (Å²) in [5.41, 5.74) is 5.29. The number of nitrogens with two attached hydrogens (primary N) is 1. The van der Waals surface area contributed by atoms with Gasteiger partial charge in [0, 0.05) is 19.0 Å². The molecular formula is C13H22N4O3. The van der Waals surface area contributed by atoms with Gasteiger partial charge in [-0.15, -0.1) is 0 Å². The quantitative estimate of drug-likeness (QED) is 0.686. The lowest BCUT2D eigenvalue weighted by atomic mass is 9.96.